The van der Waals surface area contributed by atoms with Crippen LogP contribution in [-0.2, 0) is 4.79 Å². The average Bonchev–Trinajstić information content (AvgIpc) is 2.62. The molecule has 0 aromatic heterocycles. The second-order valence-corrected chi connectivity index (χ2v) is 6.28. The molecule has 0 spiro atoms. The van der Waals surface area contributed by atoms with Gasteiger partial charge in [0, 0.05) is 24.1 Å². The summed E-state index contributed by atoms with van der Waals surface area (Å²) in [6.45, 7) is 5.42. The van der Waals surface area contributed by atoms with Gasteiger partial charge in [-0.15, -0.1) is 0 Å². The SMILES string of the molecule is CC(C)CC1C2NCC3CC1(C(N)=O)N=CC32. The van der Waals surface area contributed by atoms with Gasteiger partial charge in [-0.2, -0.15) is 0 Å². The van der Waals surface area contributed by atoms with Gasteiger partial charge in [-0.05, 0) is 31.2 Å². The van der Waals surface area contributed by atoms with Crippen LogP contribution in [0.3, 0.4) is 0 Å². The van der Waals surface area contributed by atoms with Gasteiger partial charge in [0.05, 0.1) is 0 Å². The van der Waals surface area contributed by atoms with Crippen LogP contribution in [-0.4, -0.2) is 30.2 Å². The lowest BCUT2D eigenvalue weighted by Gasteiger charge is -2.49. The van der Waals surface area contributed by atoms with Crippen LogP contribution in [0.2, 0.25) is 0 Å². The number of carbonyl (C=O) groups is 1. The number of carbonyl (C=O) groups excluding carboxylic acids is 1. The monoisotopic (exact) mass is 235 g/mol. The van der Waals surface area contributed by atoms with E-state index in [1.165, 1.54) is 0 Å². The molecular weight excluding hydrogens is 214 g/mol. The molecule has 0 aromatic rings. The molecule has 94 valence electrons. The third-order valence-electron chi connectivity index (χ3n) is 4.82. The Bertz CT molecular complexity index is 379. The zero-order valence-electron chi connectivity index (χ0n) is 10.5. The van der Waals surface area contributed by atoms with Crippen LogP contribution in [0.15, 0.2) is 4.99 Å². The first-order valence-corrected chi connectivity index (χ1v) is 6.63. The number of nitrogens with zero attached hydrogens (tertiary/aromatic N) is 1. The molecule has 3 heterocycles. The van der Waals surface area contributed by atoms with Crippen LogP contribution in [0.1, 0.15) is 26.7 Å². The summed E-state index contributed by atoms with van der Waals surface area (Å²) in [6.07, 6.45) is 3.88. The third kappa shape index (κ3) is 1.39. The largest absolute Gasteiger partial charge is 0.368 e. The Balaban J connectivity index is 2.01. The van der Waals surface area contributed by atoms with Gasteiger partial charge < -0.3 is 11.1 Å². The van der Waals surface area contributed by atoms with Crippen LogP contribution in [0.4, 0.5) is 0 Å². The number of primary amides is 1. The van der Waals surface area contributed by atoms with Gasteiger partial charge in [0.1, 0.15) is 5.54 Å². The Morgan fingerprint density at radius 2 is 2.41 bits per heavy atom. The van der Waals surface area contributed by atoms with Gasteiger partial charge in [-0.1, -0.05) is 13.8 Å². The van der Waals surface area contributed by atoms with Crippen molar-refractivity contribution in [2.45, 2.75) is 38.3 Å². The molecule has 1 aliphatic carbocycles. The normalized spacial score (nSPS) is 46.8. The van der Waals surface area contributed by atoms with Crippen LogP contribution in [0.5, 0.6) is 0 Å². The molecule has 2 fully saturated rings. The Kier molecular flexibility index (Phi) is 2.34. The maximum Gasteiger partial charge on any atom is 0.245 e. The highest BCUT2D eigenvalue weighted by Crippen LogP contribution is 2.51. The summed E-state index contributed by atoms with van der Waals surface area (Å²) in [5, 5.41) is 3.59. The van der Waals surface area contributed by atoms with Gasteiger partial charge in [0.25, 0.3) is 0 Å². The van der Waals surface area contributed by atoms with Gasteiger partial charge >= 0.3 is 0 Å². The molecule has 17 heavy (non-hydrogen) atoms. The first-order valence-electron chi connectivity index (χ1n) is 6.63. The highest BCUT2D eigenvalue weighted by Gasteiger charge is 2.61. The smallest absolute Gasteiger partial charge is 0.245 e. The van der Waals surface area contributed by atoms with Gasteiger partial charge in [0.2, 0.25) is 5.91 Å². The summed E-state index contributed by atoms with van der Waals surface area (Å²) in [5.41, 5.74) is 5.06. The molecule has 0 aromatic carbocycles. The fourth-order valence-electron chi connectivity index (χ4n) is 4.10. The minimum Gasteiger partial charge on any atom is -0.368 e. The molecule has 4 rings (SSSR count). The molecule has 0 radical (unpaired) electrons. The van der Waals surface area contributed by atoms with Crippen LogP contribution in [0.25, 0.3) is 0 Å². The molecule has 5 unspecified atom stereocenters. The summed E-state index contributed by atoms with van der Waals surface area (Å²) >= 11 is 0. The maximum absolute atomic E-state index is 11.9. The van der Waals surface area contributed by atoms with E-state index in [-0.39, 0.29) is 11.8 Å². The number of hydrogen-bond acceptors (Lipinski definition) is 3. The third-order valence-corrected chi connectivity index (χ3v) is 4.82. The Hall–Kier alpha value is -0.900. The first kappa shape index (κ1) is 11.2. The number of hydrogen-bond donors (Lipinski definition) is 2. The van der Waals surface area contributed by atoms with Crippen LogP contribution >= 0.6 is 0 Å². The second kappa shape index (κ2) is 3.55. The van der Waals surface area contributed by atoms with E-state index in [4.69, 9.17) is 5.73 Å². The maximum atomic E-state index is 11.9. The molecule has 3 N–H and O–H groups in total. The number of nitrogens with two attached hydrogens (primary N) is 1. The first-order chi connectivity index (χ1) is 8.04. The molecule has 3 aliphatic heterocycles. The predicted octanol–water partition coefficient (Wildman–Crippen LogP) is 0.565. The van der Waals surface area contributed by atoms with Crippen molar-refractivity contribution in [1.29, 1.82) is 0 Å². The number of rotatable bonds is 3. The van der Waals surface area contributed by atoms with Gasteiger partial charge in [-0.25, -0.2) is 0 Å². The fraction of sp³-hybridized carbons (Fsp3) is 0.846. The Morgan fingerprint density at radius 1 is 1.65 bits per heavy atom. The topological polar surface area (TPSA) is 67.5 Å². The highest BCUT2D eigenvalue weighted by molar-refractivity contribution is 5.89. The number of aliphatic imine (C=N–C) groups is 1. The van der Waals surface area contributed by atoms with Crippen molar-refractivity contribution < 1.29 is 4.79 Å². The van der Waals surface area contributed by atoms with Gasteiger partial charge in [-0.3, -0.25) is 9.79 Å². The van der Waals surface area contributed by atoms with E-state index in [9.17, 15) is 4.79 Å². The van der Waals surface area contributed by atoms with E-state index in [1.54, 1.807) is 0 Å². The van der Waals surface area contributed by atoms with Crippen molar-refractivity contribution in [1.82, 2.24) is 5.32 Å². The minimum atomic E-state index is -0.613. The molecule has 1 saturated carbocycles. The minimum absolute atomic E-state index is 0.226. The van der Waals surface area contributed by atoms with E-state index in [1.807, 2.05) is 6.21 Å². The lowest BCUT2D eigenvalue weighted by molar-refractivity contribution is -0.128. The van der Waals surface area contributed by atoms with E-state index < -0.39 is 5.54 Å². The zero-order valence-corrected chi connectivity index (χ0v) is 10.5. The molecule has 1 amide bonds. The summed E-state index contributed by atoms with van der Waals surface area (Å²) in [4.78, 5) is 16.5. The quantitative estimate of drug-likeness (QED) is 0.751. The predicted molar refractivity (Wildman–Crippen MR) is 66.8 cm³/mol. The summed E-state index contributed by atoms with van der Waals surface area (Å²) in [7, 11) is 0. The molecule has 4 heteroatoms. The fourth-order valence-corrected chi connectivity index (χ4v) is 4.10. The van der Waals surface area contributed by atoms with Crippen LogP contribution < -0.4 is 11.1 Å². The second-order valence-electron chi connectivity index (χ2n) is 6.28. The van der Waals surface area contributed by atoms with Crippen molar-refractivity contribution in [2.24, 2.45) is 34.4 Å². The van der Waals surface area contributed by atoms with Gasteiger partial charge in [0.15, 0.2) is 0 Å². The molecule has 4 nitrogen and oxygen atoms in total. The number of amides is 1. The van der Waals surface area contributed by atoms with Crippen molar-refractivity contribution in [2.75, 3.05) is 6.54 Å². The van der Waals surface area contributed by atoms with E-state index in [0.717, 1.165) is 19.4 Å². The van der Waals surface area contributed by atoms with Crippen molar-refractivity contribution in [3.8, 4) is 0 Å². The Labute approximate surface area is 102 Å². The molecule has 5 atom stereocenters. The lowest BCUT2D eigenvalue weighted by Crippen LogP contribution is -2.62. The Morgan fingerprint density at radius 3 is 3.06 bits per heavy atom. The molecule has 4 bridgehead atoms. The van der Waals surface area contributed by atoms with Crippen molar-refractivity contribution in [3.05, 3.63) is 0 Å². The van der Waals surface area contributed by atoms with Crippen LogP contribution in [0, 0.1) is 23.7 Å². The molecular formula is C13H21N3O. The average molecular weight is 235 g/mol. The molecule has 4 aliphatic rings. The summed E-state index contributed by atoms with van der Waals surface area (Å²) in [5.74, 6) is 1.73. The van der Waals surface area contributed by atoms with E-state index >= 15 is 0 Å². The summed E-state index contributed by atoms with van der Waals surface area (Å²) in [6, 6.07) is 0.418. The standard InChI is InChI=1S/C13H21N3O/c1-7(2)3-10-11-9-6-16-13(10,12(14)17)4-8(9)5-15-11/h6-11,15H,3-5H2,1-2H3,(H2,14,17). The van der Waals surface area contributed by atoms with Crippen molar-refractivity contribution >= 4 is 12.1 Å². The van der Waals surface area contributed by atoms with Crippen molar-refractivity contribution in [3.63, 3.8) is 0 Å². The lowest BCUT2D eigenvalue weighted by atomic mass is 9.59. The highest BCUT2D eigenvalue weighted by atomic mass is 16.1. The molecule has 1 saturated heterocycles. The number of nitrogens with one attached hydrogen (secondary N) is 1. The zero-order chi connectivity index (χ0) is 12.2. The van der Waals surface area contributed by atoms with E-state index in [2.05, 4.69) is 24.2 Å². The summed E-state index contributed by atoms with van der Waals surface area (Å²) < 4.78 is 0. The van der Waals surface area contributed by atoms with E-state index in [0.29, 0.717) is 23.8 Å².